The van der Waals surface area contributed by atoms with Gasteiger partial charge in [-0.3, -0.25) is 10.3 Å². The molecule has 9 nitrogen and oxygen atoms in total. The predicted octanol–water partition coefficient (Wildman–Crippen LogP) is 2.82. The third-order valence-corrected chi connectivity index (χ3v) is 4.97. The molecule has 0 aliphatic rings. The maximum atomic E-state index is 12.3. The number of amides is 2. The molecule has 0 saturated heterocycles. The van der Waals surface area contributed by atoms with Crippen molar-refractivity contribution in [2.75, 3.05) is 34.5 Å². The zero-order valence-corrected chi connectivity index (χ0v) is 17.0. The number of carbonyl (C=O) groups excluding carboxylic acids is 1. The van der Waals surface area contributed by atoms with Gasteiger partial charge in [-0.25, -0.2) is 18.2 Å². The molecule has 0 unspecified atom stereocenters. The Hall–Kier alpha value is -3.27. The largest absolute Gasteiger partial charge is 0.370 e. The number of urea groups is 1. The van der Waals surface area contributed by atoms with Crippen molar-refractivity contribution in [2.45, 2.75) is 13.3 Å². The van der Waals surface area contributed by atoms with E-state index in [2.05, 4.69) is 30.9 Å². The molecule has 0 aliphatic carbocycles. The van der Waals surface area contributed by atoms with Crippen LogP contribution in [0.4, 0.5) is 22.2 Å². The van der Waals surface area contributed by atoms with Gasteiger partial charge in [-0.1, -0.05) is 6.07 Å². The van der Waals surface area contributed by atoms with E-state index in [4.69, 9.17) is 0 Å². The van der Waals surface area contributed by atoms with Gasteiger partial charge in [0.1, 0.15) is 15.7 Å². The van der Waals surface area contributed by atoms with Gasteiger partial charge in [0.25, 0.3) is 0 Å². The normalized spacial score (nSPS) is 11.2. The fourth-order valence-corrected chi connectivity index (χ4v) is 3.35. The van der Waals surface area contributed by atoms with E-state index in [1.807, 2.05) is 24.3 Å². The molecule has 3 rings (SSSR count). The highest BCUT2D eigenvalue weighted by atomic mass is 32.2. The number of hydrogen-bond acceptors (Lipinski definition) is 7. The van der Waals surface area contributed by atoms with Crippen molar-refractivity contribution in [3.63, 3.8) is 0 Å². The van der Waals surface area contributed by atoms with Gasteiger partial charge in [-0.2, -0.15) is 4.98 Å². The van der Waals surface area contributed by atoms with Crippen LogP contribution in [-0.4, -0.2) is 48.0 Å². The molecule has 29 heavy (non-hydrogen) atoms. The summed E-state index contributed by atoms with van der Waals surface area (Å²) in [4.78, 5) is 25.0. The molecule has 2 aromatic heterocycles. The summed E-state index contributed by atoms with van der Waals surface area (Å²) in [7, 11) is -3.00. The van der Waals surface area contributed by atoms with Gasteiger partial charge in [0.2, 0.25) is 5.95 Å². The van der Waals surface area contributed by atoms with Gasteiger partial charge in [0.05, 0.1) is 11.3 Å². The molecule has 2 heterocycles. The van der Waals surface area contributed by atoms with E-state index in [0.717, 1.165) is 10.9 Å². The summed E-state index contributed by atoms with van der Waals surface area (Å²) < 4.78 is 22.4. The number of benzene rings is 1. The smallest absolute Gasteiger partial charge is 0.326 e. The Bertz CT molecular complexity index is 1130. The lowest BCUT2D eigenvalue weighted by molar-refractivity contribution is 0.262. The second kappa shape index (κ2) is 8.82. The minimum Gasteiger partial charge on any atom is -0.370 e. The molecule has 0 atom stereocenters. The summed E-state index contributed by atoms with van der Waals surface area (Å²) in [6, 6.07) is 10.4. The molecule has 152 valence electrons. The van der Waals surface area contributed by atoms with Crippen molar-refractivity contribution in [1.82, 2.24) is 15.0 Å². The highest BCUT2D eigenvalue weighted by Gasteiger charge is 2.08. The maximum absolute atomic E-state index is 12.3. The first-order valence-electron chi connectivity index (χ1n) is 8.98. The highest BCUT2D eigenvalue weighted by molar-refractivity contribution is 7.90. The Morgan fingerprint density at radius 1 is 1.10 bits per heavy atom. The van der Waals surface area contributed by atoms with Crippen molar-refractivity contribution in [2.24, 2.45) is 0 Å². The van der Waals surface area contributed by atoms with E-state index < -0.39 is 15.9 Å². The van der Waals surface area contributed by atoms with Crippen LogP contribution in [0.3, 0.4) is 0 Å². The first-order chi connectivity index (χ1) is 13.8. The third-order valence-electron chi connectivity index (χ3n) is 3.94. The fraction of sp³-hybridized carbons (Fsp3) is 0.263. The van der Waals surface area contributed by atoms with Gasteiger partial charge in [0.15, 0.2) is 0 Å². The van der Waals surface area contributed by atoms with Crippen LogP contribution in [0, 0.1) is 6.92 Å². The minimum atomic E-state index is -3.00. The van der Waals surface area contributed by atoms with Crippen LogP contribution in [0.25, 0.3) is 10.9 Å². The minimum absolute atomic E-state index is 0.0961. The lowest BCUT2D eigenvalue weighted by Crippen LogP contribution is -2.21. The Kier molecular flexibility index (Phi) is 6.23. The number of hydrogen-bond donors (Lipinski definition) is 3. The fourth-order valence-electron chi connectivity index (χ4n) is 2.68. The van der Waals surface area contributed by atoms with Crippen LogP contribution in [0.1, 0.15) is 12.1 Å². The van der Waals surface area contributed by atoms with E-state index in [9.17, 15) is 13.2 Å². The summed E-state index contributed by atoms with van der Waals surface area (Å²) in [6.45, 7) is 2.23. The number of anilines is 3. The van der Waals surface area contributed by atoms with Crippen LogP contribution < -0.4 is 16.0 Å². The highest BCUT2D eigenvalue weighted by Crippen LogP contribution is 2.17. The van der Waals surface area contributed by atoms with Crippen molar-refractivity contribution >= 4 is 44.2 Å². The standard InChI is InChI=1S/C19H22N6O3S/c1-13-11-17(21-9-4-10-29(2,27)28)24-18(22-13)25-19(26)23-15-6-7-16-14(12-15)5-3-8-20-16/h3,5-8,11-12H,4,9-10H2,1-2H3,(H3,21,22,23,24,25,26). The van der Waals surface area contributed by atoms with Crippen LogP contribution in [0.15, 0.2) is 42.6 Å². The van der Waals surface area contributed by atoms with E-state index in [-0.39, 0.29) is 11.7 Å². The molecule has 0 saturated carbocycles. The summed E-state index contributed by atoms with van der Waals surface area (Å²) in [5, 5.41) is 9.32. The molecule has 3 aromatic rings. The van der Waals surface area contributed by atoms with E-state index in [1.165, 1.54) is 6.26 Å². The number of aryl methyl sites for hydroxylation is 1. The number of carbonyl (C=O) groups is 1. The van der Waals surface area contributed by atoms with Crippen LogP contribution in [0.5, 0.6) is 0 Å². The number of nitrogens with zero attached hydrogens (tertiary/aromatic N) is 3. The molecule has 0 bridgehead atoms. The number of aromatic nitrogens is 3. The first-order valence-corrected chi connectivity index (χ1v) is 11.0. The summed E-state index contributed by atoms with van der Waals surface area (Å²) in [5.41, 5.74) is 2.12. The summed E-state index contributed by atoms with van der Waals surface area (Å²) in [6.07, 6.45) is 3.38. The lowest BCUT2D eigenvalue weighted by atomic mass is 10.2. The number of nitrogens with one attached hydrogen (secondary N) is 3. The van der Waals surface area contributed by atoms with Gasteiger partial charge in [-0.15, -0.1) is 0 Å². The summed E-state index contributed by atoms with van der Waals surface area (Å²) in [5.74, 6) is 0.757. The van der Waals surface area contributed by atoms with Gasteiger partial charge in [0, 0.05) is 41.8 Å². The lowest BCUT2D eigenvalue weighted by Gasteiger charge is -2.10. The monoisotopic (exact) mass is 414 g/mol. The predicted molar refractivity (Wildman–Crippen MR) is 114 cm³/mol. The summed E-state index contributed by atoms with van der Waals surface area (Å²) >= 11 is 0. The molecule has 0 radical (unpaired) electrons. The number of fused-ring (bicyclic) bond motifs is 1. The Morgan fingerprint density at radius 2 is 1.93 bits per heavy atom. The average molecular weight is 414 g/mol. The topological polar surface area (TPSA) is 126 Å². The first kappa shape index (κ1) is 20.5. The van der Waals surface area contributed by atoms with Crippen LogP contribution >= 0.6 is 0 Å². The number of rotatable bonds is 7. The number of sulfone groups is 1. The number of pyridine rings is 1. The second-order valence-corrected chi connectivity index (χ2v) is 8.88. The zero-order valence-electron chi connectivity index (χ0n) is 16.1. The average Bonchev–Trinajstić information content (AvgIpc) is 2.64. The second-order valence-electron chi connectivity index (χ2n) is 6.62. The Balaban J connectivity index is 1.61. The molecule has 3 N–H and O–H groups in total. The maximum Gasteiger partial charge on any atom is 0.326 e. The molecule has 0 spiro atoms. The molecule has 0 aliphatic heterocycles. The molecule has 2 amide bonds. The van der Waals surface area contributed by atoms with Gasteiger partial charge < -0.3 is 10.6 Å². The van der Waals surface area contributed by atoms with Crippen molar-refractivity contribution < 1.29 is 13.2 Å². The zero-order chi connectivity index (χ0) is 20.9. The molecule has 0 fully saturated rings. The van der Waals surface area contributed by atoms with Gasteiger partial charge >= 0.3 is 6.03 Å². The van der Waals surface area contributed by atoms with Gasteiger partial charge in [-0.05, 0) is 37.6 Å². The van der Waals surface area contributed by atoms with E-state index >= 15 is 0 Å². The quantitative estimate of drug-likeness (QED) is 0.508. The van der Waals surface area contributed by atoms with E-state index in [1.54, 1.807) is 25.3 Å². The SMILES string of the molecule is Cc1cc(NCCCS(C)(=O)=O)nc(NC(=O)Nc2ccc3ncccc3c2)n1. The Labute approximate surface area is 168 Å². The Morgan fingerprint density at radius 3 is 2.72 bits per heavy atom. The third kappa shape index (κ3) is 6.39. The molecule has 10 heteroatoms. The molecular formula is C19H22N6O3S. The molecular weight excluding hydrogens is 392 g/mol. The van der Waals surface area contributed by atoms with Crippen molar-refractivity contribution in [3.8, 4) is 0 Å². The van der Waals surface area contributed by atoms with Crippen LogP contribution in [-0.2, 0) is 9.84 Å². The van der Waals surface area contributed by atoms with Crippen LogP contribution in [0.2, 0.25) is 0 Å². The molecule has 1 aromatic carbocycles. The van der Waals surface area contributed by atoms with Crippen molar-refractivity contribution in [1.29, 1.82) is 0 Å². The van der Waals surface area contributed by atoms with Crippen molar-refractivity contribution in [3.05, 3.63) is 48.3 Å². The van der Waals surface area contributed by atoms with E-state index in [0.29, 0.717) is 30.2 Å².